The van der Waals surface area contributed by atoms with Gasteiger partial charge in [0.2, 0.25) is 0 Å². The van der Waals surface area contributed by atoms with Gasteiger partial charge < -0.3 is 5.11 Å². The number of rotatable bonds is 4. The van der Waals surface area contributed by atoms with Gasteiger partial charge in [0.25, 0.3) is 0 Å². The molecule has 1 aromatic heterocycles. The summed E-state index contributed by atoms with van der Waals surface area (Å²) < 4.78 is 1.89. The van der Waals surface area contributed by atoms with Gasteiger partial charge >= 0.3 is 0 Å². The van der Waals surface area contributed by atoms with E-state index in [2.05, 4.69) is 23.9 Å². The molecule has 4 nitrogen and oxygen atoms in total. The minimum Gasteiger partial charge on any atom is -0.392 e. The third kappa shape index (κ3) is 2.58. The van der Waals surface area contributed by atoms with E-state index in [1.165, 1.54) is 5.75 Å². The topological polar surface area (TPSA) is 50.9 Å². The Labute approximate surface area is 100 Å². The van der Waals surface area contributed by atoms with Crippen LogP contribution >= 0.6 is 11.8 Å². The quantitative estimate of drug-likeness (QED) is 0.868. The number of thioether (sulfide) groups is 1. The van der Waals surface area contributed by atoms with E-state index in [-0.39, 0.29) is 6.10 Å². The Kier molecular flexibility index (Phi) is 3.86. The maximum atomic E-state index is 10.1. The van der Waals surface area contributed by atoms with E-state index in [0.717, 1.165) is 18.0 Å². The molecule has 2 unspecified atom stereocenters. The molecule has 0 aromatic carbocycles. The van der Waals surface area contributed by atoms with Crippen LogP contribution in [0.5, 0.6) is 0 Å². The highest BCUT2D eigenvalue weighted by Crippen LogP contribution is 2.27. The lowest BCUT2D eigenvalue weighted by atomic mass is 9.99. The van der Waals surface area contributed by atoms with Gasteiger partial charge in [-0.05, 0) is 37.7 Å². The van der Waals surface area contributed by atoms with Gasteiger partial charge in [-0.25, -0.2) is 9.67 Å². The monoisotopic (exact) mass is 241 g/mol. The van der Waals surface area contributed by atoms with Crippen molar-refractivity contribution in [3.63, 3.8) is 0 Å². The molecule has 16 heavy (non-hydrogen) atoms. The average Bonchev–Trinajstić information content (AvgIpc) is 2.86. The van der Waals surface area contributed by atoms with Crippen LogP contribution in [0, 0.1) is 5.92 Å². The molecule has 0 spiro atoms. The molecular weight excluding hydrogens is 222 g/mol. The maximum Gasteiger partial charge on any atom is 0.138 e. The Morgan fingerprint density at radius 1 is 1.62 bits per heavy atom. The first-order chi connectivity index (χ1) is 7.68. The van der Waals surface area contributed by atoms with Gasteiger partial charge in [-0.15, -0.1) is 0 Å². The summed E-state index contributed by atoms with van der Waals surface area (Å²) in [6.45, 7) is 4.16. The van der Waals surface area contributed by atoms with Crippen molar-refractivity contribution in [2.75, 3.05) is 11.5 Å². The van der Waals surface area contributed by atoms with E-state index in [4.69, 9.17) is 0 Å². The van der Waals surface area contributed by atoms with Gasteiger partial charge in [-0.3, -0.25) is 0 Å². The lowest BCUT2D eigenvalue weighted by Gasteiger charge is -2.17. The van der Waals surface area contributed by atoms with Crippen molar-refractivity contribution in [1.82, 2.24) is 14.8 Å². The largest absolute Gasteiger partial charge is 0.392 e. The number of hydrogen-bond acceptors (Lipinski definition) is 4. The number of aliphatic hydroxyl groups is 1. The predicted molar refractivity (Wildman–Crippen MR) is 65.5 cm³/mol. The van der Waals surface area contributed by atoms with Gasteiger partial charge in [0.15, 0.2) is 0 Å². The van der Waals surface area contributed by atoms with Gasteiger partial charge in [0.05, 0.1) is 6.10 Å². The average molecular weight is 241 g/mol. The van der Waals surface area contributed by atoms with Crippen molar-refractivity contribution in [2.24, 2.45) is 5.92 Å². The summed E-state index contributed by atoms with van der Waals surface area (Å²) in [6.07, 6.45) is 3.06. The second kappa shape index (κ2) is 5.19. The van der Waals surface area contributed by atoms with Crippen molar-refractivity contribution in [1.29, 1.82) is 0 Å². The molecule has 1 aliphatic rings. The van der Waals surface area contributed by atoms with Crippen molar-refractivity contribution in [3.05, 3.63) is 12.2 Å². The second-order valence-corrected chi connectivity index (χ2v) is 5.76. The second-order valence-electron chi connectivity index (χ2n) is 4.61. The minimum absolute atomic E-state index is 0.267. The summed E-state index contributed by atoms with van der Waals surface area (Å²) in [7, 11) is 0. The third-order valence-electron chi connectivity index (χ3n) is 3.04. The molecule has 0 bridgehead atoms. The van der Waals surface area contributed by atoms with Crippen molar-refractivity contribution in [3.8, 4) is 0 Å². The molecule has 0 aliphatic carbocycles. The zero-order chi connectivity index (χ0) is 11.5. The lowest BCUT2D eigenvalue weighted by molar-refractivity contribution is 0.116. The summed E-state index contributed by atoms with van der Waals surface area (Å²) >= 11 is 1.93. The van der Waals surface area contributed by atoms with Crippen LogP contribution in [0.4, 0.5) is 0 Å². The molecule has 2 heterocycles. The lowest BCUT2D eigenvalue weighted by Crippen LogP contribution is -2.25. The Bertz CT molecular complexity index is 334. The normalized spacial score (nSPS) is 22.9. The fourth-order valence-corrected chi connectivity index (χ4v) is 3.39. The zero-order valence-corrected chi connectivity index (χ0v) is 10.7. The molecule has 0 saturated carbocycles. The van der Waals surface area contributed by atoms with Crippen molar-refractivity contribution < 1.29 is 5.11 Å². The number of hydrogen-bond donors (Lipinski definition) is 1. The molecular formula is C11H19N3OS. The van der Waals surface area contributed by atoms with E-state index in [0.29, 0.717) is 18.4 Å². The molecule has 2 atom stereocenters. The summed E-state index contributed by atoms with van der Waals surface area (Å²) in [6, 6.07) is 0.308. The van der Waals surface area contributed by atoms with Crippen LogP contribution in [0.15, 0.2) is 6.33 Å². The van der Waals surface area contributed by atoms with Gasteiger partial charge in [-0.1, -0.05) is 0 Å². The fraction of sp³-hybridized carbons (Fsp3) is 0.818. The summed E-state index contributed by atoms with van der Waals surface area (Å²) in [5.41, 5.74) is 0. The van der Waals surface area contributed by atoms with E-state index in [1.54, 1.807) is 6.33 Å². The van der Waals surface area contributed by atoms with E-state index < -0.39 is 0 Å². The predicted octanol–water partition coefficient (Wildman–Crippen LogP) is 1.52. The number of aromatic nitrogens is 3. The van der Waals surface area contributed by atoms with Gasteiger partial charge in [0, 0.05) is 12.5 Å². The highest BCUT2D eigenvalue weighted by atomic mass is 32.2. The van der Waals surface area contributed by atoms with Crippen molar-refractivity contribution >= 4 is 11.8 Å². The molecule has 5 heteroatoms. The van der Waals surface area contributed by atoms with E-state index in [9.17, 15) is 5.11 Å². The summed E-state index contributed by atoms with van der Waals surface area (Å²) in [5, 5.41) is 14.3. The van der Waals surface area contributed by atoms with Crippen LogP contribution < -0.4 is 0 Å². The number of aliphatic hydroxyl groups excluding tert-OH is 1. The van der Waals surface area contributed by atoms with E-state index in [1.807, 2.05) is 16.4 Å². The van der Waals surface area contributed by atoms with Gasteiger partial charge in [-0.2, -0.15) is 16.9 Å². The highest BCUT2D eigenvalue weighted by Gasteiger charge is 2.25. The smallest absolute Gasteiger partial charge is 0.138 e. The van der Waals surface area contributed by atoms with Crippen LogP contribution in [-0.2, 0) is 6.42 Å². The van der Waals surface area contributed by atoms with Crippen LogP contribution in [-0.4, -0.2) is 37.5 Å². The Hall–Kier alpha value is -0.550. The molecule has 90 valence electrons. The zero-order valence-electron chi connectivity index (χ0n) is 9.83. The molecule has 1 N–H and O–H groups in total. The molecule has 1 saturated heterocycles. The standard InChI is InChI=1S/C11H19N3OS/c1-8(2)14-11(12-7-13-14)5-10(15)9-3-4-16-6-9/h7-10,15H,3-6H2,1-2H3. The van der Waals surface area contributed by atoms with Crippen molar-refractivity contribution in [2.45, 2.75) is 38.8 Å². The Morgan fingerprint density at radius 3 is 3.06 bits per heavy atom. The molecule has 1 aromatic rings. The Morgan fingerprint density at radius 2 is 2.44 bits per heavy atom. The molecule has 2 rings (SSSR count). The molecule has 0 amide bonds. The first kappa shape index (κ1) is 11.9. The number of nitrogens with zero attached hydrogens (tertiary/aromatic N) is 3. The summed E-state index contributed by atoms with van der Waals surface area (Å²) in [4.78, 5) is 4.23. The van der Waals surface area contributed by atoms with E-state index >= 15 is 0 Å². The molecule has 0 radical (unpaired) electrons. The first-order valence-corrected chi connectivity index (χ1v) is 6.98. The highest BCUT2D eigenvalue weighted by molar-refractivity contribution is 7.99. The SMILES string of the molecule is CC(C)n1ncnc1CC(O)C1CCSC1. The summed E-state index contributed by atoms with van der Waals surface area (Å²) in [5.74, 6) is 3.59. The van der Waals surface area contributed by atoms with Crippen LogP contribution in [0.1, 0.15) is 32.1 Å². The fourth-order valence-electron chi connectivity index (χ4n) is 2.06. The first-order valence-electron chi connectivity index (χ1n) is 5.82. The molecule has 1 aliphatic heterocycles. The van der Waals surface area contributed by atoms with Crippen LogP contribution in [0.2, 0.25) is 0 Å². The van der Waals surface area contributed by atoms with Crippen LogP contribution in [0.3, 0.4) is 0 Å². The minimum atomic E-state index is -0.267. The Balaban J connectivity index is 1.99. The third-order valence-corrected chi connectivity index (χ3v) is 4.23. The molecule has 1 fully saturated rings. The van der Waals surface area contributed by atoms with Gasteiger partial charge in [0.1, 0.15) is 12.2 Å². The van der Waals surface area contributed by atoms with Crippen LogP contribution in [0.25, 0.3) is 0 Å². The maximum absolute atomic E-state index is 10.1.